The van der Waals surface area contributed by atoms with Gasteiger partial charge in [0.25, 0.3) is 0 Å². The van der Waals surface area contributed by atoms with Gasteiger partial charge in [0, 0.05) is 0 Å². The van der Waals surface area contributed by atoms with E-state index in [4.69, 9.17) is 19.7 Å². The molecule has 8 nitrogen and oxygen atoms in total. The van der Waals surface area contributed by atoms with Crippen molar-refractivity contribution in [2.24, 2.45) is 23.7 Å². The summed E-state index contributed by atoms with van der Waals surface area (Å²) in [5, 5.41) is 17.2. The molecule has 170 valence electrons. The van der Waals surface area contributed by atoms with E-state index in [2.05, 4.69) is 0 Å². The molecule has 29 heavy (non-hydrogen) atoms. The Balaban J connectivity index is 0. The quantitative estimate of drug-likeness (QED) is 0.342. The average Bonchev–Trinajstić information content (AvgIpc) is 2.63. The van der Waals surface area contributed by atoms with Crippen molar-refractivity contribution >= 4 is 23.9 Å². The van der Waals surface area contributed by atoms with Gasteiger partial charge in [0.1, 0.15) is 0 Å². The van der Waals surface area contributed by atoms with Crippen molar-refractivity contribution in [1.82, 2.24) is 0 Å². The molecule has 0 amide bonds. The van der Waals surface area contributed by atoms with Crippen LogP contribution in [0.4, 0.5) is 0 Å². The van der Waals surface area contributed by atoms with Crippen LogP contribution in [0.25, 0.3) is 0 Å². The van der Waals surface area contributed by atoms with Crippen LogP contribution in [0, 0.1) is 23.7 Å². The second-order valence-electron chi connectivity index (χ2n) is 7.18. The number of rotatable bonds is 13. The first-order valence-corrected chi connectivity index (χ1v) is 10.3. The predicted octanol–water partition coefficient (Wildman–Crippen LogP) is 3.76. The molecule has 0 rings (SSSR count). The average molecular weight is 419 g/mol. The molecule has 0 radical (unpaired) electrons. The Hall–Kier alpha value is -2.12. The summed E-state index contributed by atoms with van der Waals surface area (Å²) >= 11 is 0. The zero-order chi connectivity index (χ0) is 23.0. The van der Waals surface area contributed by atoms with E-state index in [9.17, 15) is 19.2 Å². The molecule has 0 bridgehead atoms. The van der Waals surface area contributed by atoms with Gasteiger partial charge in [-0.1, -0.05) is 40.5 Å². The molecule has 8 heteroatoms. The minimum atomic E-state index is -1.25. The van der Waals surface area contributed by atoms with Crippen LogP contribution in [-0.2, 0) is 28.7 Å². The minimum absolute atomic E-state index is 0.192. The molecule has 0 aromatic heterocycles. The van der Waals surface area contributed by atoms with E-state index in [1.165, 1.54) is 0 Å². The summed E-state index contributed by atoms with van der Waals surface area (Å²) in [5.41, 5.74) is 0. The largest absolute Gasteiger partial charge is 0.481 e. The summed E-state index contributed by atoms with van der Waals surface area (Å²) < 4.78 is 9.73. The third kappa shape index (κ3) is 13.7. The zero-order valence-corrected chi connectivity index (χ0v) is 18.6. The van der Waals surface area contributed by atoms with Gasteiger partial charge in [-0.3, -0.25) is 19.2 Å². The van der Waals surface area contributed by atoms with Crippen LogP contribution in [0.15, 0.2) is 0 Å². The molecule has 0 aromatic carbocycles. The van der Waals surface area contributed by atoms with E-state index in [0.29, 0.717) is 12.3 Å². The fraction of sp³-hybridized carbons (Fsp3) is 0.810. The number of aliphatic carboxylic acids is 2. The smallest absolute Gasteiger partial charge is 0.320 e. The lowest BCUT2D eigenvalue weighted by atomic mass is 9.91. The van der Waals surface area contributed by atoms with Crippen LogP contribution in [-0.4, -0.2) is 47.3 Å². The summed E-state index contributed by atoms with van der Waals surface area (Å²) in [5.74, 6) is -4.78. The van der Waals surface area contributed by atoms with Crippen LogP contribution in [0.5, 0.6) is 0 Å². The van der Waals surface area contributed by atoms with Gasteiger partial charge in [-0.05, 0) is 44.9 Å². The van der Waals surface area contributed by atoms with Crippen LogP contribution in [0.3, 0.4) is 0 Å². The maximum atomic E-state index is 11.5. The Labute approximate surface area is 174 Å². The molecule has 0 aliphatic rings. The Morgan fingerprint density at radius 2 is 1.14 bits per heavy atom. The third-order valence-corrected chi connectivity index (χ3v) is 4.49. The van der Waals surface area contributed by atoms with Crippen molar-refractivity contribution in [2.75, 3.05) is 13.2 Å². The number of hydrogen-bond donors (Lipinski definition) is 2. The van der Waals surface area contributed by atoms with Gasteiger partial charge < -0.3 is 19.7 Å². The molecule has 0 aliphatic heterocycles. The maximum Gasteiger partial charge on any atom is 0.320 e. The molecule has 0 heterocycles. The fourth-order valence-corrected chi connectivity index (χ4v) is 2.58. The number of carboxylic acid groups (broad SMARTS) is 2. The van der Waals surface area contributed by atoms with Gasteiger partial charge in [0.2, 0.25) is 0 Å². The normalized spacial score (nSPS) is 10.7. The van der Waals surface area contributed by atoms with Crippen molar-refractivity contribution in [2.45, 2.75) is 73.6 Å². The second-order valence-corrected chi connectivity index (χ2v) is 7.18. The number of carbonyl (C=O) groups excluding carboxylic acids is 2. The minimum Gasteiger partial charge on any atom is -0.481 e. The van der Waals surface area contributed by atoms with Gasteiger partial charge in [-0.15, -0.1) is 0 Å². The number of hydrogen-bond acceptors (Lipinski definition) is 6. The van der Waals surface area contributed by atoms with Crippen molar-refractivity contribution < 1.29 is 38.9 Å². The molecule has 0 fully saturated rings. The van der Waals surface area contributed by atoms with Crippen LogP contribution in [0.1, 0.15) is 73.6 Å². The molecule has 0 unspecified atom stereocenters. The second kappa shape index (κ2) is 16.8. The van der Waals surface area contributed by atoms with Crippen molar-refractivity contribution in [3.8, 4) is 0 Å². The number of esters is 2. The SMILES string of the molecule is CCC(CC)CC(C(=O)O)C(=O)O.CCOC(=O)C(CCC(C)C)C(=O)OCC. The molecule has 2 N–H and O–H groups in total. The first kappa shape index (κ1) is 29.1. The lowest BCUT2D eigenvalue weighted by Gasteiger charge is -2.15. The topological polar surface area (TPSA) is 127 Å². The summed E-state index contributed by atoms with van der Waals surface area (Å²) in [6.45, 7) is 12.0. The number of ether oxygens (including phenoxy) is 2. The van der Waals surface area contributed by atoms with Gasteiger partial charge in [-0.2, -0.15) is 0 Å². The maximum absolute atomic E-state index is 11.5. The molecule has 0 saturated carbocycles. The zero-order valence-electron chi connectivity index (χ0n) is 18.6. The van der Waals surface area contributed by atoms with Gasteiger partial charge in [0.05, 0.1) is 13.2 Å². The monoisotopic (exact) mass is 418 g/mol. The van der Waals surface area contributed by atoms with Crippen molar-refractivity contribution in [3.05, 3.63) is 0 Å². The first-order valence-electron chi connectivity index (χ1n) is 10.3. The van der Waals surface area contributed by atoms with E-state index in [1.807, 2.05) is 27.7 Å². The standard InChI is InChI=1S/C12H22O4.C9H16O4/c1-5-15-11(13)10(8-7-9(3)4)12(14)16-6-2;1-3-6(4-2)5-7(8(10)11)9(12)13/h9-10H,5-8H2,1-4H3;6-7H,3-5H2,1-2H3,(H,10,11)(H,12,13). The molecule has 0 atom stereocenters. The van der Waals surface area contributed by atoms with Crippen molar-refractivity contribution in [1.29, 1.82) is 0 Å². The molecule has 0 aromatic rings. The number of carbonyl (C=O) groups is 4. The first-order chi connectivity index (χ1) is 13.5. The molecule has 0 spiro atoms. The summed E-state index contributed by atoms with van der Waals surface area (Å²) in [6.07, 6.45) is 3.19. The summed E-state index contributed by atoms with van der Waals surface area (Å²) in [6, 6.07) is 0. The van der Waals surface area contributed by atoms with Gasteiger partial charge in [-0.25, -0.2) is 0 Å². The van der Waals surface area contributed by atoms with Gasteiger partial charge in [0.15, 0.2) is 11.8 Å². The van der Waals surface area contributed by atoms with E-state index >= 15 is 0 Å². The van der Waals surface area contributed by atoms with Gasteiger partial charge >= 0.3 is 23.9 Å². The Bertz CT molecular complexity index is 465. The van der Waals surface area contributed by atoms with E-state index in [1.54, 1.807) is 13.8 Å². The van der Waals surface area contributed by atoms with Crippen LogP contribution < -0.4 is 0 Å². The van der Waals surface area contributed by atoms with E-state index in [0.717, 1.165) is 19.3 Å². The highest BCUT2D eigenvalue weighted by Crippen LogP contribution is 2.19. The highest BCUT2D eigenvalue weighted by Gasteiger charge is 2.29. The third-order valence-electron chi connectivity index (χ3n) is 4.49. The van der Waals surface area contributed by atoms with Crippen molar-refractivity contribution in [3.63, 3.8) is 0 Å². The highest BCUT2D eigenvalue weighted by atomic mass is 16.6. The Kier molecular flexibility index (Phi) is 16.8. The number of carboxylic acids is 2. The molecular formula is C21H38O8. The Morgan fingerprint density at radius 1 is 0.724 bits per heavy atom. The summed E-state index contributed by atoms with van der Waals surface area (Å²) in [7, 11) is 0. The fourth-order valence-electron chi connectivity index (χ4n) is 2.58. The molecule has 0 saturated heterocycles. The van der Waals surface area contributed by atoms with E-state index < -0.39 is 35.7 Å². The molecular weight excluding hydrogens is 380 g/mol. The predicted molar refractivity (Wildman–Crippen MR) is 108 cm³/mol. The van der Waals surface area contributed by atoms with Crippen LogP contribution >= 0.6 is 0 Å². The lowest BCUT2D eigenvalue weighted by Crippen LogP contribution is -2.28. The van der Waals surface area contributed by atoms with Crippen LogP contribution in [0.2, 0.25) is 0 Å². The van der Waals surface area contributed by atoms with E-state index in [-0.39, 0.29) is 25.6 Å². The Morgan fingerprint density at radius 3 is 1.41 bits per heavy atom. The highest BCUT2D eigenvalue weighted by molar-refractivity contribution is 5.94. The molecule has 0 aliphatic carbocycles. The lowest BCUT2D eigenvalue weighted by molar-refractivity contribution is -0.162. The summed E-state index contributed by atoms with van der Waals surface area (Å²) in [4.78, 5) is 44.2.